The summed E-state index contributed by atoms with van der Waals surface area (Å²) in [5.41, 5.74) is 6.31. The molecule has 6 aliphatic rings. The molecule has 3 unspecified atom stereocenters. The lowest BCUT2D eigenvalue weighted by Gasteiger charge is -2.49. The number of aliphatic hydroxyl groups is 1. The van der Waals surface area contributed by atoms with Crippen molar-refractivity contribution in [3.63, 3.8) is 0 Å². The third kappa shape index (κ3) is 3.91. The van der Waals surface area contributed by atoms with E-state index in [1.54, 1.807) is 11.1 Å². The Morgan fingerprint density at radius 1 is 0.853 bits per heavy atom. The van der Waals surface area contributed by atoms with Gasteiger partial charge in [-0.05, 0) is 104 Å². The molecule has 0 bridgehead atoms. The Bertz CT molecular complexity index is 906. The molecule has 0 aromatic heterocycles. The van der Waals surface area contributed by atoms with Gasteiger partial charge < -0.3 is 5.11 Å². The monoisotopic (exact) mass is 462 g/mol. The quantitative estimate of drug-likeness (QED) is 0.403. The fourth-order valence-corrected chi connectivity index (χ4v) is 9.25. The van der Waals surface area contributed by atoms with Crippen LogP contribution in [0.3, 0.4) is 0 Å². The maximum absolute atomic E-state index is 13.4. The van der Waals surface area contributed by atoms with Crippen molar-refractivity contribution in [3.8, 4) is 0 Å². The highest BCUT2D eigenvalue weighted by atomic mass is 16.3. The second kappa shape index (κ2) is 9.38. The Morgan fingerprint density at radius 3 is 2.38 bits per heavy atom. The van der Waals surface area contributed by atoms with Crippen molar-refractivity contribution in [3.05, 3.63) is 34.4 Å². The Kier molecular flexibility index (Phi) is 6.42. The van der Waals surface area contributed by atoms with Crippen LogP contribution in [0.1, 0.15) is 116 Å². The molecule has 0 heterocycles. The Balaban J connectivity index is 1.24. The smallest absolute Gasteiger partial charge is 0.163 e. The summed E-state index contributed by atoms with van der Waals surface area (Å²) in [6.07, 6.45) is 26.0. The van der Waals surface area contributed by atoms with Gasteiger partial charge in [0.25, 0.3) is 0 Å². The maximum Gasteiger partial charge on any atom is 0.163 e. The molecule has 6 aliphatic carbocycles. The molecular weight excluding hydrogens is 416 g/mol. The fourth-order valence-electron chi connectivity index (χ4n) is 9.25. The van der Waals surface area contributed by atoms with Gasteiger partial charge in [0, 0.05) is 5.92 Å². The van der Waals surface area contributed by atoms with E-state index in [9.17, 15) is 9.90 Å². The number of fused-ring (bicyclic) bond motifs is 5. The van der Waals surface area contributed by atoms with E-state index in [2.05, 4.69) is 19.1 Å². The van der Waals surface area contributed by atoms with E-state index in [0.717, 1.165) is 38.0 Å². The van der Waals surface area contributed by atoms with Gasteiger partial charge in [0.1, 0.15) is 0 Å². The number of hydrogen-bond donors (Lipinski definition) is 1. The summed E-state index contributed by atoms with van der Waals surface area (Å²) in [7, 11) is 0. The van der Waals surface area contributed by atoms with Crippen LogP contribution in [0.5, 0.6) is 0 Å². The Hall–Kier alpha value is -1.15. The molecule has 6 rings (SSSR count). The lowest BCUT2D eigenvalue weighted by molar-refractivity contribution is -0.117. The second-order valence-corrected chi connectivity index (χ2v) is 13.0. The molecule has 0 aromatic carbocycles. The van der Waals surface area contributed by atoms with Crippen LogP contribution in [0.2, 0.25) is 0 Å². The average molecular weight is 463 g/mol. The summed E-state index contributed by atoms with van der Waals surface area (Å²) in [4.78, 5) is 13.4. The van der Waals surface area contributed by atoms with Crippen molar-refractivity contribution in [2.75, 3.05) is 0 Å². The van der Waals surface area contributed by atoms with E-state index in [-0.39, 0.29) is 17.4 Å². The van der Waals surface area contributed by atoms with E-state index in [1.165, 1.54) is 88.2 Å². The molecule has 1 N–H and O–H groups in total. The molecule has 0 spiro atoms. The predicted molar refractivity (Wildman–Crippen MR) is 138 cm³/mol. The van der Waals surface area contributed by atoms with E-state index < -0.39 is 0 Å². The SMILES string of the molecule is C[C@]12CCC3=C4CC(C5=CC6CCCCCCCCCCC56)C(=O)C=C4CC[C@H]3[C@@H]1CC[C@H]2O. The number of allylic oxidation sites excluding steroid dienone is 6. The summed E-state index contributed by atoms with van der Waals surface area (Å²) in [6, 6.07) is 0. The topological polar surface area (TPSA) is 37.3 Å². The van der Waals surface area contributed by atoms with Crippen LogP contribution in [-0.4, -0.2) is 17.0 Å². The summed E-state index contributed by atoms with van der Waals surface area (Å²) in [5, 5.41) is 10.7. The van der Waals surface area contributed by atoms with Gasteiger partial charge in [-0.2, -0.15) is 0 Å². The largest absolute Gasteiger partial charge is 0.393 e. The second-order valence-electron chi connectivity index (χ2n) is 13.0. The summed E-state index contributed by atoms with van der Waals surface area (Å²) in [6.45, 7) is 2.36. The number of carbonyl (C=O) groups excluding carboxylic acids is 1. The minimum Gasteiger partial charge on any atom is -0.393 e. The van der Waals surface area contributed by atoms with Gasteiger partial charge in [0.2, 0.25) is 0 Å². The van der Waals surface area contributed by atoms with E-state index in [0.29, 0.717) is 23.5 Å². The zero-order chi connectivity index (χ0) is 23.3. The molecule has 7 atom stereocenters. The van der Waals surface area contributed by atoms with Crippen molar-refractivity contribution < 1.29 is 9.90 Å². The average Bonchev–Trinajstić information content (AvgIpc) is 3.12. The number of carbonyl (C=O) groups is 1. The summed E-state index contributed by atoms with van der Waals surface area (Å²) in [5.74, 6) is 3.25. The van der Waals surface area contributed by atoms with Gasteiger partial charge in [-0.15, -0.1) is 0 Å². The van der Waals surface area contributed by atoms with Crippen LogP contribution in [0.4, 0.5) is 0 Å². The van der Waals surface area contributed by atoms with Crippen LogP contribution in [0, 0.1) is 35.0 Å². The van der Waals surface area contributed by atoms with Gasteiger partial charge in [-0.1, -0.05) is 75.5 Å². The first kappa shape index (κ1) is 23.3. The third-order valence-corrected chi connectivity index (χ3v) is 11.4. The van der Waals surface area contributed by atoms with Crippen molar-refractivity contribution in [1.82, 2.24) is 0 Å². The molecular formula is C32H46O2. The van der Waals surface area contributed by atoms with Crippen LogP contribution in [-0.2, 0) is 4.79 Å². The van der Waals surface area contributed by atoms with Gasteiger partial charge >= 0.3 is 0 Å². The van der Waals surface area contributed by atoms with Gasteiger partial charge in [0.15, 0.2) is 5.78 Å². The maximum atomic E-state index is 13.4. The number of aliphatic hydroxyl groups excluding tert-OH is 1. The highest BCUT2D eigenvalue weighted by molar-refractivity contribution is 5.97. The van der Waals surface area contributed by atoms with Gasteiger partial charge in [-0.25, -0.2) is 0 Å². The molecule has 34 heavy (non-hydrogen) atoms. The molecule has 0 saturated heterocycles. The zero-order valence-electron chi connectivity index (χ0n) is 21.5. The first-order valence-electron chi connectivity index (χ1n) is 14.9. The standard InChI is InChI=1S/C32H46O2/c1-32-17-16-24-25(29(32)14-15-31(32)34)13-12-22-19-30(33)28(20-26(22)24)27-18-21-10-8-6-4-2-3-5-7-9-11-23(21)27/h18-19,21,23,25,28-29,31,34H,2-17,20H2,1H3/t21?,23?,25-,28?,29+,31-,32+/m1/s1. The zero-order valence-corrected chi connectivity index (χ0v) is 21.5. The third-order valence-electron chi connectivity index (χ3n) is 11.4. The number of hydrogen-bond acceptors (Lipinski definition) is 2. The molecule has 2 heteroatoms. The van der Waals surface area contributed by atoms with Crippen LogP contribution >= 0.6 is 0 Å². The van der Waals surface area contributed by atoms with Crippen molar-refractivity contribution in [2.45, 2.75) is 122 Å². The molecule has 3 fully saturated rings. The molecule has 2 nitrogen and oxygen atoms in total. The molecule has 186 valence electrons. The summed E-state index contributed by atoms with van der Waals surface area (Å²) >= 11 is 0. The Morgan fingerprint density at radius 2 is 1.59 bits per heavy atom. The summed E-state index contributed by atoms with van der Waals surface area (Å²) < 4.78 is 0. The van der Waals surface area contributed by atoms with Crippen molar-refractivity contribution in [1.29, 1.82) is 0 Å². The van der Waals surface area contributed by atoms with Crippen molar-refractivity contribution in [2.24, 2.45) is 35.0 Å². The molecule has 3 saturated carbocycles. The highest BCUT2D eigenvalue weighted by Gasteiger charge is 2.53. The fraction of sp³-hybridized carbons (Fsp3) is 0.781. The highest BCUT2D eigenvalue weighted by Crippen LogP contribution is 2.60. The van der Waals surface area contributed by atoms with Crippen LogP contribution in [0.15, 0.2) is 34.4 Å². The van der Waals surface area contributed by atoms with E-state index in [1.807, 2.05) is 0 Å². The molecule has 0 amide bonds. The molecule has 0 aliphatic heterocycles. The van der Waals surface area contributed by atoms with Crippen LogP contribution in [0.25, 0.3) is 0 Å². The Labute approximate surface area is 207 Å². The minimum atomic E-state index is -0.111. The normalized spacial score (nSPS) is 43.2. The van der Waals surface area contributed by atoms with Gasteiger partial charge in [0.05, 0.1) is 6.10 Å². The van der Waals surface area contributed by atoms with Crippen LogP contribution < -0.4 is 0 Å². The first-order chi connectivity index (χ1) is 16.6. The van der Waals surface area contributed by atoms with E-state index >= 15 is 0 Å². The molecule has 0 aromatic rings. The van der Waals surface area contributed by atoms with Crippen molar-refractivity contribution >= 4 is 5.78 Å². The lowest BCUT2D eigenvalue weighted by Crippen LogP contribution is -2.42. The van der Waals surface area contributed by atoms with Gasteiger partial charge in [-0.3, -0.25) is 4.79 Å². The van der Waals surface area contributed by atoms with E-state index in [4.69, 9.17) is 0 Å². The minimum absolute atomic E-state index is 0.111. The lowest BCUT2D eigenvalue weighted by atomic mass is 9.56. The number of rotatable bonds is 1. The first-order valence-corrected chi connectivity index (χ1v) is 14.9. The number of ketones is 1. The predicted octanol–water partition coefficient (Wildman–Crippen LogP) is 7.87. The molecule has 0 radical (unpaired) electrons.